The number of esters is 2. The number of carbonyl (C=O) groups is 4. The summed E-state index contributed by atoms with van der Waals surface area (Å²) >= 11 is 0. The van der Waals surface area contributed by atoms with Crippen molar-refractivity contribution in [2.24, 2.45) is 45.3 Å². The molecule has 232 valence electrons. The number of carboxylic acids is 1. The van der Waals surface area contributed by atoms with Gasteiger partial charge in [-0.25, -0.2) is 19.6 Å². The molecule has 0 saturated heterocycles. The van der Waals surface area contributed by atoms with Gasteiger partial charge in [0.1, 0.15) is 6.10 Å². The number of aromatic nitrogens is 2. The molecule has 0 aliphatic heterocycles. The molecule has 0 radical (unpaired) electrons. The van der Waals surface area contributed by atoms with Crippen molar-refractivity contribution in [3.8, 4) is 0 Å². The standard InChI is InChI=1S/C34H44N2O7/c1-31-9-6-19(29(40)42-5)16-22(31)23-18-24(37)27-32(2)10-8-21(43-30(41)26-25(28(38)39)35-14-15-36-26)17-20(32)7-11-34(27,4)33(23,3)13-12-31/h14-15,18-22,27H,6-13,16-17H2,1-5H3,(H,38,39)/t19-,20?,21-,22-,27+,31+,32-,33+,34+/m0/s1. The van der Waals surface area contributed by atoms with Gasteiger partial charge in [0.05, 0.1) is 13.0 Å². The van der Waals surface area contributed by atoms with E-state index >= 15 is 0 Å². The number of carboxylic acid groups (broad SMARTS) is 1. The highest BCUT2D eigenvalue weighted by Gasteiger charge is 2.68. The van der Waals surface area contributed by atoms with Gasteiger partial charge in [-0.15, -0.1) is 0 Å². The van der Waals surface area contributed by atoms with Gasteiger partial charge in [-0.2, -0.15) is 0 Å². The summed E-state index contributed by atoms with van der Waals surface area (Å²) < 4.78 is 11.0. The van der Waals surface area contributed by atoms with Crippen LogP contribution in [0.2, 0.25) is 0 Å². The topological polar surface area (TPSA) is 133 Å². The smallest absolute Gasteiger partial charge is 0.359 e. The van der Waals surface area contributed by atoms with E-state index in [1.807, 2.05) is 6.08 Å². The minimum absolute atomic E-state index is 0.0893. The number of methoxy groups -OCH3 is 1. The minimum Gasteiger partial charge on any atom is -0.476 e. The Kier molecular flexibility index (Phi) is 7.13. The van der Waals surface area contributed by atoms with E-state index in [4.69, 9.17) is 9.47 Å². The Balaban J connectivity index is 1.26. The van der Waals surface area contributed by atoms with Crippen LogP contribution in [0.5, 0.6) is 0 Å². The van der Waals surface area contributed by atoms with Crippen LogP contribution in [0, 0.1) is 45.3 Å². The lowest BCUT2D eigenvalue weighted by molar-refractivity contribution is -0.175. The Bertz CT molecular complexity index is 1410. The molecule has 9 heteroatoms. The molecule has 1 aromatic rings. The number of ether oxygens (including phenoxy) is 2. The van der Waals surface area contributed by atoms with E-state index < -0.39 is 17.6 Å². The van der Waals surface area contributed by atoms with Crippen LogP contribution in [0.15, 0.2) is 24.0 Å². The zero-order valence-corrected chi connectivity index (χ0v) is 26.0. The second-order valence-electron chi connectivity index (χ2n) is 15.0. The van der Waals surface area contributed by atoms with Crippen LogP contribution in [0.25, 0.3) is 0 Å². The summed E-state index contributed by atoms with van der Waals surface area (Å²) in [6.45, 7) is 9.36. The normalized spacial score (nSPS) is 41.8. The van der Waals surface area contributed by atoms with E-state index in [1.54, 1.807) is 0 Å². The first-order chi connectivity index (χ1) is 20.3. The minimum atomic E-state index is -1.32. The van der Waals surface area contributed by atoms with E-state index in [9.17, 15) is 24.3 Å². The molecule has 1 N–H and O–H groups in total. The molecule has 0 spiro atoms. The van der Waals surface area contributed by atoms with E-state index in [0.717, 1.165) is 51.4 Å². The zero-order chi connectivity index (χ0) is 30.9. The molecule has 1 heterocycles. The van der Waals surface area contributed by atoms with Gasteiger partial charge in [-0.3, -0.25) is 9.59 Å². The van der Waals surface area contributed by atoms with Gasteiger partial charge in [0.2, 0.25) is 0 Å². The number of fused-ring (bicyclic) bond motifs is 7. The molecule has 5 aliphatic carbocycles. The summed E-state index contributed by atoms with van der Waals surface area (Å²) in [5.74, 6) is -1.86. The van der Waals surface area contributed by atoms with E-state index in [-0.39, 0.29) is 68.9 Å². The van der Waals surface area contributed by atoms with Crippen LogP contribution in [-0.4, -0.2) is 52.0 Å². The molecular weight excluding hydrogens is 548 g/mol. The Morgan fingerprint density at radius 3 is 2.33 bits per heavy atom. The van der Waals surface area contributed by atoms with Crippen molar-refractivity contribution in [2.75, 3.05) is 7.11 Å². The number of rotatable bonds is 4. The van der Waals surface area contributed by atoms with Gasteiger partial charge >= 0.3 is 17.9 Å². The maximum atomic E-state index is 14.4. The van der Waals surface area contributed by atoms with Crippen LogP contribution in [0.4, 0.5) is 0 Å². The fourth-order valence-electron chi connectivity index (χ4n) is 10.5. The SMILES string of the molecule is COC(=O)[C@H]1CC[C@]2(C)CC[C@]3(C)C(=CC(=O)[C@@H]4[C@@]5(C)CC[C@H](OC(=O)c6nccnc6C(=O)O)CC5CC[C@]43C)[C@@H]2C1. The van der Waals surface area contributed by atoms with Gasteiger partial charge in [-0.1, -0.05) is 33.3 Å². The highest BCUT2D eigenvalue weighted by molar-refractivity contribution is 5.99. The molecule has 0 bridgehead atoms. The molecule has 9 nitrogen and oxygen atoms in total. The molecule has 4 saturated carbocycles. The van der Waals surface area contributed by atoms with Crippen molar-refractivity contribution in [1.82, 2.24) is 9.97 Å². The third kappa shape index (κ3) is 4.39. The molecule has 1 unspecified atom stereocenters. The highest BCUT2D eigenvalue weighted by atomic mass is 16.5. The first-order valence-corrected chi connectivity index (χ1v) is 15.9. The van der Waals surface area contributed by atoms with Crippen molar-refractivity contribution < 1.29 is 33.8 Å². The Hall–Kier alpha value is -3.10. The first-order valence-electron chi connectivity index (χ1n) is 15.9. The highest BCUT2D eigenvalue weighted by Crippen LogP contribution is 2.73. The number of aromatic carboxylic acids is 1. The molecule has 1 aromatic heterocycles. The third-order valence-corrected chi connectivity index (χ3v) is 13.2. The van der Waals surface area contributed by atoms with Crippen molar-refractivity contribution in [1.29, 1.82) is 0 Å². The third-order valence-electron chi connectivity index (χ3n) is 13.2. The Morgan fingerprint density at radius 2 is 1.63 bits per heavy atom. The average Bonchev–Trinajstić information content (AvgIpc) is 2.97. The molecule has 6 rings (SSSR count). The van der Waals surface area contributed by atoms with Crippen LogP contribution in [0.3, 0.4) is 0 Å². The van der Waals surface area contributed by atoms with Crippen molar-refractivity contribution in [2.45, 2.75) is 98.0 Å². The quantitative estimate of drug-likeness (QED) is 0.429. The van der Waals surface area contributed by atoms with Gasteiger partial charge < -0.3 is 14.6 Å². The summed E-state index contributed by atoms with van der Waals surface area (Å²) in [6.07, 6.45) is 12.7. The van der Waals surface area contributed by atoms with Crippen molar-refractivity contribution in [3.63, 3.8) is 0 Å². The zero-order valence-electron chi connectivity index (χ0n) is 26.0. The monoisotopic (exact) mass is 592 g/mol. The van der Waals surface area contributed by atoms with E-state index in [2.05, 4.69) is 37.7 Å². The average molecular weight is 593 g/mol. The summed E-state index contributed by atoms with van der Waals surface area (Å²) in [7, 11) is 1.47. The number of carbonyl (C=O) groups excluding carboxylic acids is 3. The number of hydrogen-bond acceptors (Lipinski definition) is 8. The molecular formula is C34H44N2O7. The van der Waals surface area contributed by atoms with Crippen LogP contribution in [-0.2, 0) is 19.1 Å². The van der Waals surface area contributed by atoms with Crippen LogP contribution in [0.1, 0.15) is 113 Å². The Morgan fingerprint density at radius 1 is 0.907 bits per heavy atom. The van der Waals surface area contributed by atoms with Gasteiger partial charge in [-0.05, 0) is 104 Å². The summed E-state index contributed by atoms with van der Waals surface area (Å²) in [4.78, 5) is 59.2. The molecule has 9 atom stereocenters. The van der Waals surface area contributed by atoms with Gasteiger partial charge in [0.25, 0.3) is 0 Å². The lowest BCUT2D eigenvalue weighted by Gasteiger charge is -2.68. The van der Waals surface area contributed by atoms with Crippen molar-refractivity contribution >= 4 is 23.7 Å². The van der Waals surface area contributed by atoms with Gasteiger partial charge in [0.15, 0.2) is 17.2 Å². The van der Waals surface area contributed by atoms with E-state index in [1.165, 1.54) is 25.1 Å². The number of nitrogens with zero attached hydrogens (tertiary/aromatic N) is 2. The predicted molar refractivity (Wildman–Crippen MR) is 156 cm³/mol. The molecule has 0 amide bonds. The fraction of sp³-hybridized carbons (Fsp3) is 0.706. The fourth-order valence-corrected chi connectivity index (χ4v) is 10.5. The second kappa shape index (κ2) is 10.2. The molecule has 5 aliphatic rings. The number of allylic oxidation sites excluding steroid dienone is 2. The number of hydrogen-bond donors (Lipinski definition) is 1. The summed E-state index contributed by atoms with van der Waals surface area (Å²) in [6, 6.07) is 0. The van der Waals surface area contributed by atoms with Crippen LogP contribution >= 0.6 is 0 Å². The van der Waals surface area contributed by atoms with E-state index in [0.29, 0.717) is 12.8 Å². The maximum Gasteiger partial charge on any atom is 0.359 e. The maximum absolute atomic E-state index is 14.4. The molecule has 0 aromatic carbocycles. The lowest BCUT2D eigenvalue weighted by Crippen LogP contribution is -2.64. The lowest BCUT2D eigenvalue weighted by atomic mass is 9.35. The molecule has 43 heavy (non-hydrogen) atoms. The van der Waals surface area contributed by atoms with Gasteiger partial charge in [0, 0.05) is 18.3 Å². The molecule has 4 fully saturated rings. The van der Waals surface area contributed by atoms with Crippen molar-refractivity contribution in [3.05, 3.63) is 35.4 Å². The predicted octanol–water partition coefficient (Wildman–Crippen LogP) is 5.83. The Labute approximate surface area is 253 Å². The largest absolute Gasteiger partial charge is 0.476 e. The summed E-state index contributed by atoms with van der Waals surface area (Å²) in [5.41, 5.74) is 0.0770. The second-order valence-corrected chi connectivity index (χ2v) is 15.0. The number of ketones is 1. The summed E-state index contributed by atoms with van der Waals surface area (Å²) in [5, 5.41) is 9.43. The van der Waals surface area contributed by atoms with Crippen LogP contribution < -0.4 is 0 Å². The first kappa shape index (κ1) is 29.9.